The third-order valence-electron chi connectivity index (χ3n) is 5.74. The topological polar surface area (TPSA) is 51.6 Å². The van der Waals surface area contributed by atoms with Crippen LogP contribution in [-0.2, 0) is 4.65 Å². The molecule has 4 nitrogen and oxygen atoms in total. The molecule has 2 atom stereocenters. The number of hydrogen-bond donors (Lipinski definition) is 1. The Hall–Kier alpha value is -2.11. The van der Waals surface area contributed by atoms with Crippen LogP contribution in [0.5, 0.6) is 5.88 Å². The first-order chi connectivity index (χ1) is 12.3. The van der Waals surface area contributed by atoms with E-state index >= 15 is 0 Å². The smallest absolute Gasteiger partial charge is 0.309 e. The zero-order valence-corrected chi connectivity index (χ0v) is 15.7. The Morgan fingerprint density at radius 1 is 1.15 bits per heavy atom. The second-order valence-corrected chi connectivity index (χ2v) is 8.14. The zero-order valence-electron chi connectivity index (χ0n) is 15.7. The van der Waals surface area contributed by atoms with Crippen molar-refractivity contribution in [2.75, 3.05) is 0 Å². The van der Waals surface area contributed by atoms with E-state index in [1.54, 1.807) is 20.0 Å². The molecule has 0 saturated heterocycles. The molecule has 2 aliphatic rings. The molecule has 1 aliphatic carbocycles. The molecule has 2 heterocycles. The average molecular weight is 349 g/mol. The van der Waals surface area contributed by atoms with Crippen molar-refractivity contribution in [3.05, 3.63) is 59.3 Å². The van der Waals surface area contributed by atoms with Gasteiger partial charge in [0.25, 0.3) is 0 Å². The molecule has 1 aromatic heterocycles. The van der Waals surface area contributed by atoms with Crippen LogP contribution in [0.2, 0.25) is 0 Å². The number of fused-ring (bicyclic) bond motifs is 5. The van der Waals surface area contributed by atoms with E-state index < -0.39 is 11.2 Å². The fourth-order valence-corrected chi connectivity index (χ4v) is 3.38. The molecule has 2 aromatic rings. The number of nitrogens with zero attached hydrogens (tertiary/aromatic N) is 1. The molecule has 0 radical (unpaired) electrons. The molecular weight excluding hydrogens is 325 g/mol. The SMILES string of the molecule is CC(C)(O)C(C)(C)OBc1ccc2c(c1)C1c3cccnc3OC1C=C2. The highest BCUT2D eigenvalue weighted by atomic mass is 16.5. The lowest BCUT2D eigenvalue weighted by Gasteiger charge is -2.37. The van der Waals surface area contributed by atoms with E-state index in [0.29, 0.717) is 7.48 Å². The van der Waals surface area contributed by atoms with Gasteiger partial charge in [0, 0.05) is 11.8 Å². The maximum Gasteiger partial charge on any atom is 0.309 e. The Balaban J connectivity index is 1.63. The Kier molecular flexibility index (Phi) is 3.97. The van der Waals surface area contributed by atoms with E-state index in [1.165, 1.54) is 11.1 Å². The maximum absolute atomic E-state index is 10.3. The number of pyridine rings is 1. The summed E-state index contributed by atoms with van der Waals surface area (Å²) in [6, 6.07) is 10.5. The van der Waals surface area contributed by atoms with Gasteiger partial charge in [-0.05, 0) is 51.0 Å². The first-order valence-electron chi connectivity index (χ1n) is 9.05. The van der Waals surface area contributed by atoms with Crippen LogP contribution in [0.25, 0.3) is 6.08 Å². The van der Waals surface area contributed by atoms with Crippen molar-refractivity contribution in [1.29, 1.82) is 0 Å². The largest absolute Gasteiger partial charge is 0.469 e. The second-order valence-electron chi connectivity index (χ2n) is 8.14. The number of ether oxygens (including phenoxy) is 1. The van der Waals surface area contributed by atoms with Gasteiger partial charge in [0.15, 0.2) is 0 Å². The first-order valence-corrected chi connectivity index (χ1v) is 9.05. The van der Waals surface area contributed by atoms with Crippen LogP contribution in [0.3, 0.4) is 0 Å². The second kappa shape index (κ2) is 5.97. The summed E-state index contributed by atoms with van der Waals surface area (Å²) in [5, 5.41) is 10.3. The molecule has 0 bridgehead atoms. The highest BCUT2D eigenvalue weighted by Crippen LogP contribution is 2.44. The summed E-state index contributed by atoms with van der Waals surface area (Å²) in [7, 11) is 0.451. The van der Waals surface area contributed by atoms with Gasteiger partial charge < -0.3 is 14.5 Å². The average Bonchev–Trinajstić information content (AvgIpc) is 2.98. The lowest BCUT2D eigenvalue weighted by molar-refractivity contribution is -0.0893. The maximum atomic E-state index is 10.3. The minimum Gasteiger partial charge on any atom is -0.469 e. The van der Waals surface area contributed by atoms with E-state index in [2.05, 4.69) is 41.4 Å². The summed E-state index contributed by atoms with van der Waals surface area (Å²) in [4.78, 5) is 4.37. The van der Waals surface area contributed by atoms with Crippen LogP contribution in [0.1, 0.15) is 50.3 Å². The van der Waals surface area contributed by atoms with Gasteiger partial charge in [-0.1, -0.05) is 35.8 Å². The fourth-order valence-electron chi connectivity index (χ4n) is 3.38. The van der Waals surface area contributed by atoms with E-state index in [4.69, 9.17) is 9.39 Å². The van der Waals surface area contributed by atoms with Gasteiger partial charge in [-0.15, -0.1) is 0 Å². The van der Waals surface area contributed by atoms with Crippen LogP contribution in [0, 0.1) is 0 Å². The predicted molar refractivity (Wildman–Crippen MR) is 104 cm³/mol. The van der Waals surface area contributed by atoms with Crippen LogP contribution in [0.4, 0.5) is 0 Å². The van der Waals surface area contributed by atoms with Gasteiger partial charge in [0.1, 0.15) is 6.10 Å². The predicted octanol–water partition coefficient (Wildman–Crippen LogP) is 2.54. The normalized spacial score (nSPS) is 20.8. The van der Waals surface area contributed by atoms with Crippen molar-refractivity contribution in [3.63, 3.8) is 0 Å². The molecule has 5 heteroatoms. The highest BCUT2D eigenvalue weighted by Gasteiger charge is 2.38. The number of rotatable bonds is 4. The lowest BCUT2D eigenvalue weighted by Crippen LogP contribution is -2.49. The van der Waals surface area contributed by atoms with Crippen molar-refractivity contribution in [3.8, 4) is 5.88 Å². The number of benzene rings is 1. The van der Waals surface area contributed by atoms with Crippen molar-refractivity contribution >= 4 is 19.0 Å². The summed E-state index contributed by atoms with van der Waals surface area (Å²) in [5.41, 5.74) is 3.12. The van der Waals surface area contributed by atoms with Gasteiger partial charge in [0.05, 0.1) is 17.1 Å². The third kappa shape index (κ3) is 2.85. The summed E-state index contributed by atoms with van der Waals surface area (Å²) in [6.45, 7) is 7.37. The fraction of sp³-hybridized carbons (Fsp3) is 0.381. The Labute approximate surface area is 155 Å². The quantitative estimate of drug-likeness (QED) is 0.862. The van der Waals surface area contributed by atoms with Crippen molar-refractivity contribution in [2.45, 2.75) is 50.9 Å². The van der Waals surface area contributed by atoms with Crippen LogP contribution in [0.15, 0.2) is 42.6 Å². The molecule has 26 heavy (non-hydrogen) atoms. The summed E-state index contributed by atoms with van der Waals surface area (Å²) >= 11 is 0. The van der Waals surface area contributed by atoms with Gasteiger partial charge in [-0.3, -0.25) is 0 Å². The van der Waals surface area contributed by atoms with Crippen LogP contribution >= 0.6 is 0 Å². The van der Waals surface area contributed by atoms with E-state index in [1.807, 2.05) is 19.9 Å². The molecule has 1 N–H and O–H groups in total. The Morgan fingerprint density at radius 2 is 1.96 bits per heavy atom. The van der Waals surface area contributed by atoms with Gasteiger partial charge >= 0.3 is 7.48 Å². The molecule has 2 unspecified atom stereocenters. The van der Waals surface area contributed by atoms with Crippen molar-refractivity contribution < 1.29 is 14.5 Å². The number of aliphatic hydroxyl groups is 1. The Bertz CT molecular complexity index is 870. The molecule has 1 aromatic carbocycles. The summed E-state index contributed by atoms with van der Waals surface area (Å²) < 4.78 is 12.0. The zero-order chi connectivity index (χ0) is 18.5. The molecule has 0 fully saturated rings. The van der Waals surface area contributed by atoms with Gasteiger partial charge in [-0.25, -0.2) is 4.98 Å². The first kappa shape index (κ1) is 17.3. The van der Waals surface area contributed by atoms with E-state index in [0.717, 1.165) is 16.9 Å². The minimum atomic E-state index is -0.918. The standard InChI is InChI=1S/C21H24BNO3/c1-20(2,24)21(3,4)26-22-14-9-7-13-8-10-17-18(16(13)12-14)15-6-5-11-23-19(15)25-17/h5-12,17-18,22,24H,1-4H3. The molecule has 0 saturated carbocycles. The van der Waals surface area contributed by atoms with Crippen LogP contribution < -0.4 is 10.2 Å². The monoisotopic (exact) mass is 349 g/mol. The summed E-state index contributed by atoms with van der Waals surface area (Å²) in [6.07, 6.45) is 6.00. The van der Waals surface area contributed by atoms with Crippen LogP contribution in [-0.4, -0.2) is 34.9 Å². The van der Waals surface area contributed by atoms with Gasteiger partial charge in [-0.2, -0.15) is 0 Å². The molecule has 1 aliphatic heterocycles. The molecule has 0 spiro atoms. The van der Waals surface area contributed by atoms with E-state index in [9.17, 15) is 5.11 Å². The molecule has 4 rings (SSSR count). The Morgan fingerprint density at radius 3 is 2.73 bits per heavy atom. The number of aromatic nitrogens is 1. The highest BCUT2D eigenvalue weighted by molar-refractivity contribution is 6.47. The van der Waals surface area contributed by atoms with Crippen molar-refractivity contribution in [2.24, 2.45) is 0 Å². The minimum absolute atomic E-state index is 0.00335. The molecular formula is C21H24BNO3. The summed E-state index contributed by atoms with van der Waals surface area (Å²) in [5.74, 6) is 0.894. The van der Waals surface area contributed by atoms with Gasteiger partial charge in [0.2, 0.25) is 5.88 Å². The van der Waals surface area contributed by atoms with Crippen molar-refractivity contribution in [1.82, 2.24) is 4.98 Å². The molecule has 0 amide bonds. The third-order valence-corrected chi connectivity index (χ3v) is 5.74. The molecule has 134 valence electrons. The lowest BCUT2D eigenvalue weighted by atomic mass is 9.76. The number of hydrogen-bond acceptors (Lipinski definition) is 4. The van der Waals surface area contributed by atoms with E-state index in [-0.39, 0.29) is 12.0 Å².